The van der Waals surface area contributed by atoms with Gasteiger partial charge in [-0.2, -0.15) is 0 Å². The molecule has 0 atom stereocenters. The molecule has 2 heteroatoms. The Morgan fingerprint density at radius 1 is 1.33 bits per heavy atom. The van der Waals surface area contributed by atoms with Crippen LogP contribution in [-0.2, 0) is 6.42 Å². The zero-order chi connectivity index (χ0) is 15.8. The Morgan fingerprint density at radius 3 is 2.62 bits per heavy atom. The molecule has 1 heterocycles. The molecule has 21 heavy (non-hydrogen) atoms. The van der Waals surface area contributed by atoms with Crippen molar-refractivity contribution in [2.75, 3.05) is 11.4 Å². The van der Waals surface area contributed by atoms with Crippen LogP contribution in [0.3, 0.4) is 0 Å². The molecule has 0 bridgehead atoms. The lowest BCUT2D eigenvalue weighted by molar-refractivity contribution is 0.710. The average Bonchev–Trinajstić information content (AvgIpc) is 2.93. The number of fused-ring (bicyclic) bond motifs is 1. The highest BCUT2D eigenvalue weighted by Crippen LogP contribution is 2.35. The predicted octanol–water partition coefficient (Wildman–Crippen LogP) is 5.10. The molecule has 1 aromatic carbocycles. The van der Waals surface area contributed by atoms with Crippen molar-refractivity contribution in [1.82, 2.24) is 0 Å². The molecule has 1 aliphatic heterocycles. The van der Waals surface area contributed by atoms with E-state index in [9.17, 15) is 0 Å². The molecular weight excluding hydrogens is 256 g/mol. The SMILES string of the molecule is C=C/C=C(\N=CC)c1cccc2c1CCN2C(C)C.CC. The maximum atomic E-state index is 4.48. The molecule has 0 radical (unpaired) electrons. The summed E-state index contributed by atoms with van der Waals surface area (Å²) in [6, 6.07) is 7.03. The van der Waals surface area contributed by atoms with Crippen LogP contribution in [0, 0.1) is 0 Å². The molecule has 114 valence electrons. The number of nitrogens with zero attached hydrogens (tertiary/aromatic N) is 2. The monoisotopic (exact) mass is 284 g/mol. The predicted molar refractivity (Wildman–Crippen MR) is 96.3 cm³/mol. The molecule has 0 saturated carbocycles. The first-order valence-corrected chi connectivity index (χ1v) is 7.89. The molecule has 0 spiro atoms. The van der Waals surface area contributed by atoms with E-state index in [1.54, 1.807) is 6.08 Å². The largest absolute Gasteiger partial charge is 0.369 e. The van der Waals surface area contributed by atoms with E-state index in [-0.39, 0.29) is 0 Å². The van der Waals surface area contributed by atoms with Gasteiger partial charge in [-0.1, -0.05) is 38.6 Å². The second-order valence-corrected chi connectivity index (χ2v) is 5.02. The summed E-state index contributed by atoms with van der Waals surface area (Å²) in [5, 5.41) is 0. The van der Waals surface area contributed by atoms with Gasteiger partial charge >= 0.3 is 0 Å². The highest BCUT2D eigenvalue weighted by Gasteiger charge is 2.24. The molecule has 0 saturated heterocycles. The smallest absolute Gasteiger partial charge is 0.0701 e. The minimum atomic E-state index is 0.540. The first-order valence-electron chi connectivity index (χ1n) is 7.89. The van der Waals surface area contributed by atoms with Gasteiger partial charge in [0.05, 0.1) is 5.70 Å². The fraction of sp³-hybridized carbons (Fsp3) is 0.421. The van der Waals surface area contributed by atoms with Crippen LogP contribution in [0.5, 0.6) is 0 Å². The number of anilines is 1. The van der Waals surface area contributed by atoms with Gasteiger partial charge in [-0.15, -0.1) is 0 Å². The van der Waals surface area contributed by atoms with E-state index < -0.39 is 0 Å². The number of aliphatic imine (C=N–C) groups is 1. The van der Waals surface area contributed by atoms with Gasteiger partial charge in [0.2, 0.25) is 0 Å². The Morgan fingerprint density at radius 2 is 2.05 bits per heavy atom. The summed E-state index contributed by atoms with van der Waals surface area (Å²) in [7, 11) is 0. The van der Waals surface area contributed by atoms with Crippen molar-refractivity contribution in [2.24, 2.45) is 4.99 Å². The van der Waals surface area contributed by atoms with Gasteiger partial charge in [0, 0.05) is 30.1 Å². The molecule has 1 aromatic rings. The standard InChI is InChI=1S/C17H22N2.C2H6/c1-5-8-16(18-6-2)14-9-7-10-17-15(14)11-12-19(17)13(3)4;1-2/h5-10,13H,1,11-12H2,2-4H3;1-2H3/b16-8-,18-6?;. The fourth-order valence-corrected chi connectivity index (χ4v) is 2.69. The van der Waals surface area contributed by atoms with Gasteiger partial charge in [0.1, 0.15) is 0 Å². The second kappa shape index (κ2) is 8.46. The third kappa shape index (κ3) is 3.84. The normalized spacial score (nSPS) is 14.2. The first-order chi connectivity index (χ1) is 10.2. The van der Waals surface area contributed by atoms with Gasteiger partial charge in [0.15, 0.2) is 0 Å². The zero-order valence-electron chi connectivity index (χ0n) is 14.1. The summed E-state index contributed by atoms with van der Waals surface area (Å²) in [6.45, 7) is 15.3. The van der Waals surface area contributed by atoms with Crippen LogP contribution in [0.25, 0.3) is 5.70 Å². The summed E-state index contributed by atoms with van der Waals surface area (Å²) in [6.07, 6.45) is 6.71. The van der Waals surface area contributed by atoms with E-state index >= 15 is 0 Å². The molecule has 2 nitrogen and oxygen atoms in total. The maximum absolute atomic E-state index is 4.48. The summed E-state index contributed by atoms with van der Waals surface area (Å²) in [5.74, 6) is 0. The van der Waals surface area contributed by atoms with E-state index in [1.807, 2.05) is 33.1 Å². The second-order valence-electron chi connectivity index (χ2n) is 5.02. The fourth-order valence-electron chi connectivity index (χ4n) is 2.69. The van der Waals surface area contributed by atoms with Gasteiger partial charge in [0.25, 0.3) is 0 Å². The zero-order valence-corrected chi connectivity index (χ0v) is 14.1. The third-order valence-electron chi connectivity index (χ3n) is 3.51. The van der Waals surface area contributed by atoms with Crippen molar-refractivity contribution in [1.29, 1.82) is 0 Å². The van der Waals surface area contributed by atoms with Crippen LogP contribution in [0.4, 0.5) is 5.69 Å². The molecule has 0 amide bonds. The van der Waals surface area contributed by atoms with Crippen molar-refractivity contribution in [2.45, 2.75) is 47.1 Å². The Labute approximate surface area is 129 Å². The highest BCUT2D eigenvalue weighted by molar-refractivity contribution is 5.79. The Hall–Kier alpha value is -1.83. The first kappa shape index (κ1) is 17.2. The lowest BCUT2D eigenvalue weighted by Crippen LogP contribution is -2.28. The average molecular weight is 284 g/mol. The molecule has 0 aromatic heterocycles. The minimum absolute atomic E-state index is 0.540. The Bertz CT molecular complexity index is 524. The number of allylic oxidation sites excluding steroid dienone is 2. The van der Waals surface area contributed by atoms with Crippen molar-refractivity contribution < 1.29 is 0 Å². The maximum Gasteiger partial charge on any atom is 0.0701 e. The number of hydrogen-bond donors (Lipinski definition) is 0. The van der Waals surface area contributed by atoms with Crippen LogP contribution in [0.1, 0.15) is 45.7 Å². The summed E-state index contributed by atoms with van der Waals surface area (Å²) < 4.78 is 0. The van der Waals surface area contributed by atoms with Crippen LogP contribution >= 0.6 is 0 Å². The molecular formula is C19H28N2. The molecule has 0 unspecified atom stereocenters. The summed E-state index contributed by atoms with van der Waals surface area (Å²) >= 11 is 0. The van der Waals surface area contributed by atoms with E-state index in [2.05, 4.69) is 48.5 Å². The van der Waals surface area contributed by atoms with E-state index in [0.29, 0.717) is 6.04 Å². The molecule has 2 rings (SSSR count). The molecule has 0 N–H and O–H groups in total. The topological polar surface area (TPSA) is 15.6 Å². The number of benzene rings is 1. The quantitative estimate of drug-likeness (QED) is 0.554. The summed E-state index contributed by atoms with van der Waals surface area (Å²) in [5.41, 5.74) is 5.00. The van der Waals surface area contributed by atoms with E-state index in [4.69, 9.17) is 0 Å². The van der Waals surface area contributed by atoms with E-state index in [1.165, 1.54) is 16.8 Å². The van der Waals surface area contributed by atoms with Crippen molar-refractivity contribution >= 4 is 17.6 Å². The van der Waals surface area contributed by atoms with Crippen LogP contribution in [0.2, 0.25) is 0 Å². The van der Waals surface area contributed by atoms with Gasteiger partial charge in [-0.3, -0.25) is 4.99 Å². The van der Waals surface area contributed by atoms with Gasteiger partial charge in [-0.25, -0.2) is 0 Å². The molecule has 0 fully saturated rings. The molecule has 1 aliphatic rings. The Kier molecular flexibility index (Phi) is 6.93. The van der Waals surface area contributed by atoms with Gasteiger partial charge < -0.3 is 4.90 Å². The van der Waals surface area contributed by atoms with Crippen LogP contribution < -0.4 is 4.90 Å². The van der Waals surface area contributed by atoms with Crippen molar-refractivity contribution in [3.05, 3.63) is 48.1 Å². The van der Waals surface area contributed by atoms with Crippen LogP contribution in [0.15, 0.2) is 41.9 Å². The number of rotatable bonds is 4. The lowest BCUT2D eigenvalue weighted by atomic mass is 10.0. The molecule has 0 aliphatic carbocycles. The van der Waals surface area contributed by atoms with E-state index in [0.717, 1.165) is 18.7 Å². The minimum Gasteiger partial charge on any atom is -0.369 e. The Balaban J connectivity index is 0.00000106. The van der Waals surface area contributed by atoms with Crippen LogP contribution in [-0.4, -0.2) is 18.8 Å². The third-order valence-corrected chi connectivity index (χ3v) is 3.51. The van der Waals surface area contributed by atoms with Crippen molar-refractivity contribution in [3.63, 3.8) is 0 Å². The highest BCUT2D eigenvalue weighted by atomic mass is 15.2. The summed E-state index contributed by atoms with van der Waals surface area (Å²) in [4.78, 5) is 6.94. The lowest BCUT2D eigenvalue weighted by Gasteiger charge is -2.24. The van der Waals surface area contributed by atoms with Crippen molar-refractivity contribution in [3.8, 4) is 0 Å². The van der Waals surface area contributed by atoms with Gasteiger partial charge in [-0.05, 0) is 44.9 Å². The number of hydrogen-bond acceptors (Lipinski definition) is 2.